The van der Waals surface area contributed by atoms with Crippen LogP contribution in [0.25, 0.3) is 0 Å². The summed E-state index contributed by atoms with van der Waals surface area (Å²) in [7, 11) is 2.13. The van der Waals surface area contributed by atoms with Crippen LogP contribution in [0.3, 0.4) is 0 Å². The van der Waals surface area contributed by atoms with E-state index < -0.39 is 0 Å². The van der Waals surface area contributed by atoms with Gasteiger partial charge in [-0.25, -0.2) is 4.79 Å². The molecule has 0 unspecified atom stereocenters. The number of rotatable bonds is 2. The molecular weight excluding hydrogens is 268 g/mol. The van der Waals surface area contributed by atoms with Crippen molar-refractivity contribution < 1.29 is 9.32 Å². The number of likely N-dealkylation sites (tertiary alicyclic amines) is 2. The summed E-state index contributed by atoms with van der Waals surface area (Å²) >= 11 is 0. The van der Waals surface area contributed by atoms with Crippen LogP contribution in [0.5, 0.6) is 0 Å². The molecule has 116 valence electrons. The molecule has 0 spiro atoms. The molecule has 1 aromatic rings. The van der Waals surface area contributed by atoms with E-state index in [1.807, 2.05) is 18.7 Å². The highest BCUT2D eigenvalue weighted by Gasteiger charge is 2.40. The number of likely N-dealkylation sites (N-methyl/N-ethyl adjacent to an activating group) is 1. The van der Waals surface area contributed by atoms with Gasteiger partial charge in [-0.05, 0) is 45.7 Å². The lowest BCUT2D eigenvalue weighted by molar-refractivity contribution is 0.137. The normalized spacial score (nSPS) is 26.0. The van der Waals surface area contributed by atoms with Gasteiger partial charge in [-0.2, -0.15) is 0 Å². The molecule has 1 aromatic heterocycles. The van der Waals surface area contributed by atoms with Gasteiger partial charge in [0.1, 0.15) is 11.4 Å². The van der Waals surface area contributed by atoms with Crippen LogP contribution in [0.1, 0.15) is 31.2 Å². The van der Waals surface area contributed by atoms with Crippen LogP contribution in [-0.4, -0.2) is 53.7 Å². The Morgan fingerprint density at radius 3 is 2.95 bits per heavy atom. The fourth-order valence-electron chi connectivity index (χ4n) is 3.55. The first-order valence-corrected chi connectivity index (χ1v) is 7.81. The molecule has 1 N–H and O–H groups in total. The van der Waals surface area contributed by atoms with E-state index in [1.165, 1.54) is 6.42 Å². The molecule has 3 rings (SSSR count). The number of fused-ring (bicyclic) bond motifs is 1. The summed E-state index contributed by atoms with van der Waals surface area (Å²) < 4.78 is 5.18. The van der Waals surface area contributed by atoms with Crippen molar-refractivity contribution in [2.75, 3.05) is 32.0 Å². The predicted molar refractivity (Wildman–Crippen MR) is 80.4 cm³/mol. The number of anilines is 1. The first kappa shape index (κ1) is 14.4. The highest BCUT2D eigenvalue weighted by Crippen LogP contribution is 2.32. The van der Waals surface area contributed by atoms with Gasteiger partial charge in [-0.3, -0.25) is 0 Å². The molecule has 2 saturated heterocycles. The Kier molecular flexibility index (Phi) is 3.89. The smallest absolute Gasteiger partial charge is 0.322 e. The molecule has 0 bridgehead atoms. The molecule has 0 saturated carbocycles. The van der Waals surface area contributed by atoms with Crippen molar-refractivity contribution in [2.45, 2.75) is 39.2 Å². The van der Waals surface area contributed by atoms with Gasteiger partial charge in [0.05, 0.1) is 0 Å². The molecule has 2 fully saturated rings. The molecule has 6 nitrogen and oxygen atoms in total. The lowest BCUT2D eigenvalue weighted by Gasteiger charge is -2.36. The molecule has 2 aliphatic rings. The Morgan fingerprint density at radius 2 is 2.19 bits per heavy atom. The SMILES string of the molecule is CCc1noc(C)c1NC(=O)N1CC[C@@H]2CCN(C)C[C@@H]21. The van der Waals surface area contributed by atoms with Gasteiger partial charge in [0.2, 0.25) is 0 Å². The number of nitrogens with one attached hydrogen (secondary N) is 1. The summed E-state index contributed by atoms with van der Waals surface area (Å²) in [6.45, 7) is 6.81. The molecule has 3 heterocycles. The number of nitrogens with zero attached hydrogens (tertiary/aromatic N) is 3. The number of amides is 2. The molecule has 0 aliphatic carbocycles. The minimum absolute atomic E-state index is 0.0150. The third-order valence-electron chi connectivity index (χ3n) is 4.83. The Bertz CT molecular complexity index is 528. The monoisotopic (exact) mass is 292 g/mol. The van der Waals surface area contributed by atoms with E-state index in [0.717, 1.165) is 43.9 Å². The van der Waals surface area contributed by atoms with Crippen molar-refractivity contribution in [1.29, 1.82) is 0 Å². The van der Waals surface area contributed by atoms with Crippen LogP contribution in [-0.2, 0) is 6.42 Å². The predicted octanol–water partition coefficient (Wildman–Crippen LogP) is 2.10. The third-order valence-corrected chi connectivity index (χ3v) is 4.83. The molecule has 2 amide bonds. The van der Waals surface area contributed by atoms with Crippen LogP contribution in [0.15, 0.2) is 4.52 Å². The fourth-order valence-corrected chi connectivity index (χ4v) is 3.55. The topological polar surface area (TPSA) is 61.6 Å². The zero-order valence-corrected chi connectivity index (χ0v) is 13.1. The molecule has 2 atom stereocenters. The zero-order valence-electron chi connectivity index (χ0n) is 13.1. The van der Waals surface area contributed by atoms with Gasteiger partial charge < -0.3 is 19.6 Å². The summed E-state index contributed by atoms with van der Waals surface area (Å²) in [6, 6.07) is 0.327. The Morgan fingerprint density at radius 1 is 1.43 bits per heavy atom. The van der Waals surface area contributed by atoms with E-state index in [2.05, 4.69) is 22.4 Å². The molecular formula is C15H24N4O2. The first-order valence-electron chi connectivity index (χ1n) is 7.81. The molecule has 6 heteroatoms. The average molecular weight is 292 g/mol. The summed E-state index contributed by atoms with van der Waals surface area (Å²) in [5.74, 6) is 1.33. The summed E-state index contributed by atoms with van der Waals surface area (Å²) in [5.41, 5.74) is 1.56. The van der Waals surface area contributed by atoms with Gasteiger partial charge in [-0.1, -0.05) is 12.1 Å². The van der Waals surface area contributed by atoms with Gasteiger partial charge in [0.15, 0.2) is 5.76 Å². The van der Waals surface area contributed by atoms with Crippen molar-refractivity contribution in [3.8, 4) is 0 Å². The summed E-state index contributed by atoms with van der Waals surface area (Å²) in [4.78, 5) is 16.9. The van der Waals surface area contributed by atoms with Crippen LogP contribution in [0.4, 0.5) is 10.5 Å². The number of aromatic nitrogens is 1. The fraction of sp³-hybridized carbons (Fsp3) is 0.733. The molecule has 0 radical (unpaired) electrons. The quantitative estimate of drug-likeness (QED) is 0.907. The Labute approximate surface area is 125 Å². The largest absolute Gasteiger partial charge is 0.359 e. The minimum atomic E-state index is -0.0150. The number of carbonyl (C=O) groups is 1. The lowest BCUT2D eigenvalue weighted by atomic mass is 9.92. The molecule has 21 heavy (non-hydrogen) atoms. The van der Waals surface area contributed by atoms with Crippen LogP contribution in [0.2, 0.25) is 0 Å². The van der Waals surface area contributed by atoms with Gasteiger partial charge >= 0.3 is 6.03 Å². The van der Waals surface area contributed by atoms with E-state index in [4.69, 9.17) is 4.52 Å². The minimum Gasteiger partial charge on any atom is -0.359 e. The number of hydrogen-bond donors (Lipinski definition) is 1. The maximum atomic E-state index is 12.6. The highest BCUT2D eigenvalue weighted by molar-refractivity contribution is 5.90. The van der Waals surface area contributed by atoms with E-state index in [9.17, 15) is 4.79 Å². The number of carbonyl (C=O) groups excluding carboxylic acids is 1. The zero-order chi connectivity index (χ0) is 15.0. The standard InChI is InChI=1S/C15H24N4O2/c1-4-12-14(10(2)21-17-12)16-15(20)19-8-6-11-5-7-18(3)9-13(11)19/h11,13H,4-9H2,1-3H3,(H,16,20)/t11-,13-/m0/s1. The van der Waals surface area contributed by atoms with Gasteiger partial charge in [0.25, 0.3) is 0 Å². The first-order chi connectivity index (χ1) is 10.1. The summed E-state index contributed by atoms with van der Waals surface area (Å²) in [6.07, 6.45) is 3.06. The second-order valence-electron chi connectivity index (χ2n) is 6.20. The van der Waals surface area contributed by atoms with E-state index in [-0.39, 0.29) is 6.03 Å². The van der Waals surface area contributed by atoms with Gasteiger partial charge in [-0.15, -0.1) is 0 Å². The Hall–Kier alpha value is -1.56. The van der Waals surface area contributed by atoms with Crippen LogP contribution in [0, 0.1) is 12.8 Å². The number of urea groups is 1. The third kappa shape index (κ3) is 2.64. The number of piperidine rings is 1. The summed E-state index contributed by atoms with van der Waals surface area (Å²) in [5, 5.41) is 7.00. The maximum absolute atomic E-state index is 12.6. The van der Waals surface area contributed by atoms with Crippen molar-refractivity contribution in [2.24, 2.45) is 5.92 Å². The molecule has 2 aliphatic heterocycles. The van der Waals surface area contributed by atoms with Crippen LogP contribution >= 0.6 is 0 Å². The lowest BCUT2D eigenvalue weighted by Crippen LogP contribution is -2.49. The Balaban J connectivity index is 1.72. The average Bonchev–Trinajstić information content (AvgIpc) is 3.03. The van der Waals surface area contributed by atoms with Crippen LogP contribution < -0.4 is 5.32 Å². The van der Waals surface area contributed by atoms with E-state index in [1.54, 1.807) is 0 Å². The van der Waals surface area contributed by atoms with E-state index in [0.29, 0.717) is 17.7 Å². The van der Waals surface area contributed by atoms with Crippen molar-refractivity contribution in [3.05, 3.63) is 11.5 Å². The molecule has 0 aromatic carbocycles. The number of aryl methyl sites for hydroxylation is 2. The second-order valence-corrected chi connectivity index (χ2v) is 6.20. The second kappa shape index (κ2) is 5.67. The number of hydrogen-bond acceptors (Lipinski definition) is 4. The van der Waals surface area contributed by atoms with Crippen molar-refractivity contribution in [3.63, 3.8) is 0 Å². The van der Waals surface area contributed by atoms with Gasteiger partial charge in [0, 0.05) is 19.1 Å². The van der Waals surface area contributed by atoms with Crippen molar-refractivity contribution in [1.82, 2.24) is 15.0 Å². The van der Waals surface area contributed by atoms with E-state index >= 15 is 0 Å². The maximum Gasteiger partial charge on any atom is 0.322 e. The van der Waals surface area contributed by atoms with Crippen molar-refractivity contribution >= 4 is 11.7 Å². The highest BCUT2D eigenvalue weighted by atomic mass is 16.5.